The van der Waals surface area contributed by atoms with Gasteiger partial charge >= 0.3 is 0 Å². The number of halogens is 1. The topological polar surface area (TPSA) is 76.2 Å². The first-order valence-electron chi connectivity index (χ1n) is 8.50. The molecule has 0 fully saturated rings. The van der Waals surface area contributed by atoms with E-state index < -0.39 is 0 Å². The minimum absolute atomic E-state index is 0.288. The Hall–Kier alpha value is -3.35. The molecule has 0 bridgehead atoms. The molecule has 3 aromatic rings. The van der Waals surface area contributed by atoms with Gasteiger partial charge in [0.2, 0.25) is 0 Å². The lowest BCUT2D eigenvalue weighted by molar-refractivity contribution is 0.0946. The summed E-state index contributed by atoms with van der Waals surface area (Å²) in [7, 11) is 1.57. The van der Waals surface area contributed by atoms with E-state index in [-0.39, 0.29) is 11.7 Å². The van der Waals surface area contributed by atoms with Crippen LogP contribution in [-0.2, 0) is 6.54 Å². The number of benzene rings is 2. The molecule has 0 aliphatic carbocycles. The van der Waals surface area contributed by atoms with Crippen LogP contribution in [0.15, 0.2) is 48.5 Å². The largest absolute Gasteiger partial charge is 0.493 e. The molecule has 6 nitrogen and oxygen atoms in total. The minimum atomic E-state index is -0.321. The number of H-pyrrole nitrogens is 1. The first kappa shape index (κ1) is 18.4. The van der Waals surface area contributed by atoms with Gasteiger partial charge in [-0.15, -0.1) is 0 Å². The fourth-order valence-electron chi connectivity index (χ4n) is 2.58. The van der Waals surface area contributed by atoms with Crippen LogP contribution in [0.4, 0.5) is 4.39 Å². The fraction of sp³-hybridized carbons (Fsp3) is 0.200. The Morgan fingerprint density at radius 1 is 1.15 bits per heavy atom. The third-order valence-corrected chi connectivity index (χ3v) is 3.94. The van der Waals surface area contributed by atoms with Crippen LogP contribution in [0.5, 0.6) is 11.5 Å². The van der Waals surface area contributed by atoms with Crippen LogP contribution in [0.25, 0.3) is 11.3 Å². The molecule has 2 N–H and O–H groups in total. The Labute approximate surface area is 156 Å². The van der Waals surface area contributed by atoms with Gasteiger partial charge in [-0.2, -0.15) is 5.10 Å². The number of carbonyl (C=O) groups excluding carboxylic acids is 1. The van der Waals surface area contributed by atoms with Crippen molar-refractivity contribution in [2.45, 2.75) is 13.5 Å². The zero-order chi connectivity index (χ0) is 19.2. The van der Waals surface area contributed by atoms with Crippen molar-refractivity contribution in [3.8, 4) is 22.8 Å². The molecule has 0 saturated carbocycles. The minimum Gasteiger partial charge on any atom is -0.493 e. The van der Waals surface area contributed by atoms with Gasteiger partial charge in [-0.05, 0) is 55.0 Å². The van der Waals surface area contributed by atoms with Crippen LogP contribution in [0.2, 0.25) is 0 Å². The summed E-state index contributed by atoms with van der Waals surface area (Å²) in [5, 5.41) is 9.63. The fourth-order valence-corrected chi connectivity index (χ4v) is 2.58. The molecule has 0 unspecified atom stereocenters. The van der Waals surface area contributed by atoms with Crippen molar-refractivity contribution in [2.75, 3.05) is 13.7 Å². The van der Waals surface area contributed by atoms with E-state index in [1.807, 2.05) is 25.1 Å². The predicted octanol–water partition coefficient (Wildman–Crippen LogP) is 3.55. The second-order valence-corrected chi connectivity index (χ2v) is 5.77. The number of aromatic amines is 1. The van der Waals surface area contributed by atoms with Gasteiger partial charge in [0, 0.05) is 12.1 Å². The number of rotatable bonds is 7. The quantitative estimate of drug-likeness (QED) is 0.668. The number of nitrogens with one attached hydrogen (secondary N) is 2. The molecule has 2 aromatic carbocycles. The van der Waals surface area contributed by atoms with E-state index in [1.54, 1.807) is 25.3 Å². The van der Waals surface area contributed by atoms with Gasteiger partial charge in [0.25, 0.3) is 5.91 Å². The van der Waals surface area contributed by atoms with Crippen LogP contribution in [-0.4, -0.2) is 29.8 Å². The van der Waals surface area contributed by atoms with Gasteiger partial charge in [0.1, 0.15) is 11.5 Å². The lowest BCUT2D eigenvalue weighted by Crippen LogP contribution is -2.23. The average Bonchev–Trinajstić information content (AvgIpc) is 3.18. The van der Waals surface area contributed by atoms with Crippen molar-refractivity contribution >= 4 is 5.91 Å². The number of amides is 1. The van der Waals surface area contributed by atoms with Crippen LogP contribution >= 0.6 is 0 Å². The monoisotopic (exact) mass is 369 g/mol. The van der Waals surface area contributed by atoms with Crippen molar-refractivity contribution in [1.82, 2.24) is 15.5 Å². The van der Waals surface area contributed by atoms with E-state index in [0.29, 0.717) is 36.0 Å². The van der Waals surface area contributed by atoms with E-state index in [2.05, 4.69) is 15.5 Å². The number of hydrogen-bond donors (Lipinski definition) is 2. The molecule has 0 aliphatic rings. The standard InChI is InChI=1S/C20H20FN3O3/c1-3-27-18-9-4-13(10-19(18)26-2)12-22-20(25)17-11-16(23-24-17)14-5-7-15(21)8-6-14/h4-11H,3,12H2,1-2H3,(H,22,25)(H,23,24). The average molecular weight is 369 g/mol. The summed E-state index contributed by atoms with van der Waals surface area (Å²) in [6, 6.07) is 13.0. The summed E-state index contributed by atoms with van der Waals surface area (Å²) < 4.78 is 23.8. The first-order chi connectivity index (χ1) is 13.1. The SMILES string of the molecule is CCOc1ccc(CNC(=O)c2cc(-c3ccc(F)cc3)n[nH]2)cc1OC. The number of methoxy groups -OCH3 is 1. The van der Waals surface area contributed by atoms with Gasteiger partial charge in [0.05, 0.1) is 19.4 Å². The zero-order valence-electron chi connectivity index (χ0n) is 15.1. The summed E-state index contributed by atoms with van der Waals surface area (Å²) in [5.41, 5.74) is 2.50. The third kappa shape index (κ3) is 4.44. The van der Waals surface area contributed by atoms with Gasteiger partial charge in [-0.3, -0.25) is 9.89 Å². The molecule has 0 aliphatic heterocycles. The van der Waals surface area contributed by atoms with Crippen LogP contribution in [0.1, 0.15) is 23.0 Å². The van der Waals surface area contributed by atoms with Crippen LogP contribution < -0.4 is 14.8 Å². The van der Waals surface area contributed by atoms with E-state index >= 15 is 0 Å². The summed E-state index contributed by atoms with van der Waals surface area (Å²) in [6.07, 6.45) is 0. The maximum Gasteiger partial charge on any atom is 0.269 e. The normalized spacial score (nSPS) is 10.5. The molecule has 1 aromatic heterocycles. The van der Waals surface area contributed by atoms with Gasteiger partial charge in [-0.25, -0.2) is 4.39 Å². The highest BCUT2D eigenvalue weighted by Gasteiger charge is 2.12. The van der Waals surface area contributed by atoms with Gasteiger partial charge < -0.3 is 14.8 Å². The van der Waals surface area contributed by atoms with Crippen molar-refractivity contribution in [2.24, 2.45) is 0 Å². The Morgan fingerprint density at radius 3 is 2.63 bits per heavy atom. The van der Waals surface area contributed by atoms with Crippen LogP contribution in [0.3, 0.4) is 0 Å². The molecular weight excluding hydrogens is 349 g/mol. The summed E-state index contributed by atoms with van der Waals surface area (Å²) >= 11 is 0. The zero-order valence-corrected chi connectivity index (χ0v) is 15.1. The van der Waals surface area contributed by atoms with E-state index in [0.717, 1.165) is 11.1 Å². The molecule has 3 rings (SSSR count). The van der Waals surface area contributed by atoms with Crippen molar-refractivity contribution in [3.63, 3.8) is 0 Å². The van der Waals surface area contributed by atoms with Crippen molar-refractivity contribution < 1.29 is 18.7 Å². The maximum atomic E-state index is 13.0. The van der Waals surface area contributed by atoms with E-state index in [9.17, 15) is 9.18 Å². The van der Waals surface area contributed by atoms with Crippen molar-refractivity contribution in [3.05, 3.63) is 65.6 Å². The third-order valence-electron chi connectivity index (χ3n) is 3.94. The maximum absolute atomic E-state index is 13.0. The van der Waals surface area contributed by atoms with Crippen molar-refractivity contribution in [1.29, 1.82) is 0 Å². The molecule has 140 valence electrons. The molecular formula is C20H20FN3O3. The predicted molar refractivity (Wildman–Crippen MR) is 99.3 cm³/mol. The highest BCUT2D eigenvalue weighted by molar-refractivity contribution is 5.93. The number of aromatic nitrogens is 2. The highest BCUT2D eigenvalue weighted by atomic mass is 19.1. The lowest BCUT2D eigenvalue weighted by Gasteiger charge is -2.11. The number of nitrogens with zero attached hydrogens (tertiary/aromatic N) is 1. The number of ether oxygens (including phenoxy) is 2. The highest BCUT2D eigenvalue weighted by Crippen LogP contribution is 2.28. The lowest BCUT2D eigenvalue weighted by atomic mass is 10.1. The summed E-state index contributed by atoms with van der Waals surface area (Å²) in [6.45, 7) is 2.77. The molecule has 1 amide bonds. The Bertz CT molecular complexity index is 922. The summed E-state index contributed by atoms with van der Waals surface area (Å²) in [4.78, 5) is 12.3. The van der Waals surface area contributed by atoms with E-state index in [1.165, 1.54) is 12.1 Å². The molecule has 27 heavy (non-hydrogen) atoms. The number of carbonyl (C=O) groups is 1. The van der Waals surface area contributed by atoms with Gasteiger partial charge in [0.15, 0.2) is 11.5 Å². The number of hydrogen-bond acceptors (Lipinski definition) is 4. The molecule has 1 heterocycles. The second-order valence-electron chi connectivity index (χ2n) is 5.77. The smallest absolute Gasteiger partial charge is 0.269 e. The Balaban J connectivity index is 1.65. The molecule has 0 radical (unpaired) electrons. The molecule has 0 saturated heterocycles. The van der Waals surface area contributed by atoms with Gasteiger partial charge in [-0.1, -0.05) is 6.07 Å². The molecule has 0 spiro atoms. The molecule has 7 heteroatoms. The Kier molecular flexibility index (Phi) is 5.71. The van der Waals surface area contributed by atoms with E-state index in [4.69, 9.17) is 9.47 Å². The molecule has 0 atom stereocenters. The second kappa shape index (κ2) is 8.35. The summed E-state index contributed by atoms with van der Waals surface area (Å²) in [5.74, 6) is 0.665. The first-order valence-corrected chi connectivity index (χ1v) is 8.50. The van der Waals surface area contributed by atoms with Crippen LogP contribution in [0, 0.1) is 5.82 Å². The Morgan fingerprint density at radius 2 is 1.93 bits per heavy atom.